The normalized spacial score (nSPS) is 11.7. The van der Waals surface area contributed by atoms with Crippen LogP contribution in [-0.4, -0.2) is 42.3 Å². The molecule has 0 heterocycles. The third kappa shape index (κ3) is 5.50. The largest absolute Gasteiger partial charge is 0.478 e. The van der Waals surface area contributed by atoms with Gasteiger partial charge in [-0.1, -0.05) is 39.0 Å². The van der Waals surface area contributed by atoms with Gasteiger partial charge in [0.1, 0.15) is 0 Å². The number of unbranched alkanes of at least 4 members (excludes halogenated alkanes) is 5. The Kier molecular flexibility index (Phi) is 8.16. The van der Waals surface area contributed by atoms with Crippen molar-refractivity contribution < 1.29 is 23.2 Å². The first-order valence-electron chi connectivity index (χ1n) is 8.61. The molecule has 1 N–H and O–H groups in total. The second-order valence-electron chi connectivity index (χ2n) is 6.27. The molecule has 0 saturated heterocycles. The van der Waals surface area contributed by atoms with Gasteiger partial charge >= 0.3 is 5.97 Å². The summed E-state index contributed by atoms with van der Waals surface area (Å²) in [7, 11) is -2.60. The molecule has 1 aromatic carbocycles. The average Bonchev–Trinajstić information content (AvgIpc) is 2.57. The van der Waals surface area contributed by atoms with E-state index in [1.807, 2.05) is 0 Å². The Morgan fingerprint density at radius 3 is 2.31 bits per heavy atom. The SMILES string of the molecule is CCCCCCCCN(C)S(=O)(=O)c1cc(C(=O)O)c(C)c([N+](=O)[O-])c1. The monoisotopic (exact) mass is 386 g/mol. The van der Waals surface area contributed by atoms with Crippen molar-refractivity contribution in [3.63, 3.8) is 0 Å². The number of sulfonamides is 1. The van der Waals surface area contributed by atoms with E-state index in [1.54, 1.807) is 0 Å². The lowest BCUT2D eigenvalue weighted by molar-refractivity contribution is -0.385. The maximum absolute atomic E-state index is 12.7. The second-order valence-corrected chi connectivity index (χ2v) is 8.32. The van der Waals surface area contributed by atoms with Crippen LogP contribution in [0.3, 0.4) is 0 Å². The van der Waals surface area contributed by atoms with E-state index in [-0.39, 0.29) is 22.6 Å². The number of nitro groups is 1. The number of rotatable bonds is 11. The van der Waals surface area contributed by atoms with Gasteiger partial charge in [-0.05, 0) is 19.4 Å². The molecule has 146 valence electrons. The highest BCUT2D eigenvalue weighted by atomic mass is 32.2. The Hall–Kier alpha value is -2.00. The lowest BCUT2D eigenvalue weighted by Crippen LogP contribution is -2.28. The number of nitro benzene ring substituents is 1. The Labute approximate surface area is 154 Å². The van der Waals surface area contributed by atoms with Crippen LogP contribution in [0.2, 0.25) is 0 Å². The molecule has 26 heavy (non-hydrogen) atoms. The van der Waals surface area contributed by atoms with Gasteiger partial charge in [-0.2, -0.15) is 0 Å². The first-order chi connectivity index (χ1) is 12.1. The molecule has 0 spiro atoms. The maximum Gasteiger partial charge on any atom is 0.336 e. The summed E-state index contributed by atoms with van der Waals surface area (Å²) in [6.07, 6.45) is 6.00. The lowest BCUT2D eigenvalue weighted by Gasteiger charge is -2.18. The van der Waals surface area contributed by atoms with Gasteiger partial charge in [0, 0.05) is 25.2 Å². The summed E-state index contributed by atoms with van der Waals surface area (Å²) in [5.74, 6) is -1.40. The molecule has 0 amide bonds. The number of nitrogens with zero attached hydrogens (tertiary/aromatic N) is 2. The fourth-order valence-electron chi connectivity index (χ4n) is 2.65. The van der Waals surface area contributed by atoms with Gasteiger partial charge in [-0.3, -0.25) is 10.1 Å². The molecule has 1 aromatic rings. The van der Waals surface area contributed by atoms with Crippen molar-refractivity contribution in [1.29, 1.82) is 0 Å². The van der Waals surface area contributed by atoms with Crippen LogP contribution in [0.25, 0.3) is 0 Å². The van der Waals surface area contributed by atoms with Gasteiger partial charge in [-0.15, -0.1) is 0 Å². The van der Waals surface area contributed by atoms with Crippen LogP contribution < -0.4 is 0 Å². The zero-order chi connectivity index (χ0) is 19.9. The highest BCUT2D eigenvalue weighted by Gasteiger charge is 2.27. The van der Waals surface area contributed by atoms with Crippen molar-refractivity contribution in [1.82, 2.24) is 4.31 Å². The Morgan fingerprint density at radius 2 is 1.77 bits per heavy atom. The molecule has 9 heteroatoms. The van der Waals surface area contributed by atoms with Gasteiger partial charge in [0.15, 0.2) is 0 Å². The predicted octanol–water partition coefficient (Wildman–Crippen LogP) is 3.58. The molecule has 0 aliphatic rings. The summed E-state index contributed by atoms with van der Waals surface area (Å²) in [6, 6.07) is 1.91. The molecular weight excluding hydrogens is 360 g/mol. The average molecular weight is 386 g/mol. The number of hydrogen-bond donors (Lipinski definition) is 1. The van der Waals surface area contributed by atoms with Crippen LogP contribution in [0.15, 0.2) is 17.0 Å². The zero-order valence-corrected chi connectivity index (χ0v) is 16.2. The molecule has 0 saturated carbocycles. The maximum atomic E-state index is 12.7. The van der Waals surface area contributed by atoms with Crippen LogP contribution in [0.4, 0.5) is 5.69 Å². The number of carboxylic acid groups (broad SMARTS) is 1. The lowest BCUT2D eigenvalue weighted by atomic mass is 10.1. The van der Waals surface area contributed by atoms with E-state index in [9.17, 15) is 28.4 Å². The minimum atomic E-state index is -4.00. The van der Waals surface area contributed by atoms with Crippen LogP contribution >= 0.6 is 0 Å². The van der Waals surface area contributed by atoms with E-state index < -0.39 is 26.6 Å². The Bertz CT molecular complexity index is 726. The van der Waals surface area contributed by atoms with E-state index in [0.717, 1.165) is 48.5 Å². The van der Waals surface area contributed by atoms with Crippen LogP contribution in [0, 0.1) is 17.0 Å². The molecular formula is C17H26N2O6S. The summed E-state index contributed by atoms with van der Waals surface area (Å²) in [5, 5.41) is 20.4. The van der Waals surface area contributed by atoms with E-state index in [4.69, 9.17) is 0 Å². The van der Waals surface area contributed by atoms with Gasteiger partial charge in [0.05, 0.1) is 15.4 Å². The fraction of sp³-hybridized carbons (Fsp3) is 0.588. The summed E-state index contributed by atoms with van der Waals surface area (Å²) in [6.45, 7) is 3.68. The standard InChI is InChI=1S/C17H26N2O6S/c1-4-5-6-7-8-9-10-18(3)26(24,25)14-11-15(17(20)21)13(2)16(12-14)19(22)23/h11-12H,4-10H2,1-3H3,(H,20,21). The molecule has 0 fully saturated rings. The molecule has 8 nitrogen and oxygen atoms in total. The quantitative estimate of drug-likeness (QED) is 0.353. The van der Waals surface area contributed by atoms with Crippen molar-refractivity contribution in [2.45, 2.75) is 57.3 Å². The van der Waals surface area contributed by atoms with Crippen molar-refractivity contribution >= 4 is 21.7 Å². The number of benzene rings is 1. The van der Waals surface area contributed by atoms with Crippen LogP contribution in [0.1, 0.15) is 61.4 Å². The summed E-state index contributed by atoms with van der Waals surface area (Å²) in [4.78, 5) is 21.3. The van der Waals surface area contributed by atoms with Crippen molar-refractivity contribution in [3.05, 3.63) is 33.4 Å². The van der Waals surface area contributed by atoms with E-state index in [2.05, 4.69) is 6.92 Å². The number of carbonyl (C=O) groups is 1. The number of hydrogen-bond acceptors (Lipinski definition) is 5. The summed E-state index contributed by atoms with van der Waals surface area (Å²) in [5.41, 5.74) is -0.970. The molecule has 0 atom stereocenters. The zero-order valence-electron chi connectivity index (χ0n) is 15.4. The molecule has 0 aliphatic heterocycles. The first-order valence-corrected chi connectivity index (χ1v) is 10.1. The number of carboxylic acids is 1. The van der Waals surface area contributed by atoms with Gasteiger partial charge in [0.2, 0.25) is 10.0 Å². The highest BCUT2D eigenvalue weighted by Crippen LogP contribution is 2.28. The topological polar surface area (TPSA) is 118 Å². The molecule has 0 aromatic heterocycles. The van der Waals surface area contributed by atoms with Gasteiger partial charge < -0.3 is 5.11 Å². The molecule has 0 bridgehead atoms. The highest BCUT2D eigenvalue weighted by molar-refractivity contribution is 7.89. The van der Waals surface area contributed by atoms with Crippen molar-refractivity contribution in [2.24, 2.45) is 0 Å². The van der Waals surface area contributed by atoms with E-state index in [0.29, 0.717) is 6.42 Å². The predicted molar refractivity (Wildman–Crippen MR) is 98.0 cm³/mol. The van der Waals surface area contributed by atoms with Gasteiger partial charge in [-0.25, -0.2) is 17.5 Å². The molecule has 0 unspecified atom stereocenters. The summed E-state index contributed by atoms with van der Waals surface area (Å²) >= 11 is 0. The Balaban J connectivity index is 3.00. The van der Waals surface area contributed by atoms with Crippen LogP contribution in [0.5, 0.6) is 0 Å². The first kappa shape index (κ1) is 22.0. The molecule has 1 rings (SSSR count). The summed E-state index contributed by atoms with van der Waals surface area (Å²) < 4.78 is 26.5. The Morgan fingerprint density at radius 1 is 1.19 bits per heavy atom. The molecule has 0 radical (unpaired) electrons. The fourth-order valence-corrected chi connectivity index (χ4v) is 3.91. The third-order valence-electron chi connectivity index (χ3n) is 4.32. The van der Waals surface area contributed by atoms with Crippen LogP contribution in [-0.2, 0) is 10.0 Å². The second kappa shape index (κ2) is 9.63. The number of aromatic carboxylic acids is 1. The minimum absolute atomic E-state index is 0.0694. The van der Waals surface area contributed by atoms with Crippen molar-refractivity contribution in [2.75, 3.05) is 13.6 Å². The third-order valence-corrected chi connectivity index (χ3v) is 6.15. The van der Waals surface area contributed by atoms with Gasteiger partial charge in [0.25, 0.3) is 5.69 Å². The smallest absolute Gasteiger partial charge is 0.336 e. The molecule has 0 aliphatic carbocycles. The van der Waals surface area contributed by atoms with Crippen molar-refractivity contribution in [3.8, 4) is 0 Å². The minimum Gasteiger partial charge on any atom is -0.478 e. The van der Waals surface area contributed by atoms with E-state index >= 15 is 0 Å². The van der Waals surface area contributed by atoms with E-state index in [1.165, 1.54) is 14.0 Å².